The smallest absolute Gasteiger partial charge is 0.475 e. The van der Waals surface area contributed by atoms with E-state index in [1.807, 2.05) is 12.1 Å². The first-order valence-electron chi connectivity index (χ1n) is 8.32. The molecule has 2 N–H and O–H groups in total. The molecule has 1 aliphatic heterocycles. The lowest BCUT2D eigenvalue weighted by atomic mass is 10.1. The molecule has 1 fully saturated rings. The van der Waals surface area contributed by atoms with Gasteiger partial charge in [-0.05, 0) is 37.1 Å². The van der Waals surface area contributed by atoms with Gasteiger partial charge in [0.2, 0.25) is 0 Å². The van der Waals surface area contributed by atoms with E-state index in [1.54, 1.807) is 0 Å². The highest BCUT2D eigenvalue weighted by Crippen LogP contribution is 2.13. The average Bonchev–Trinajstić information content (AvgIpc) is 2.56. The van der Waals surface area contributed by atoms with Crippen LogP contribution in [0.3, 0.4) is 0 Å². The zero-order valence-electron chi connectivity index (χ0n) is 14.4. The summed E-state index contributed by atoms with van der Waals surface area (Å²) in [6.45, 7) is 6.64. The molecule has 0 bridgehead atoms. The van der Waals surface area contributed by atoms with Gasteiger partial charge in [-0.25, -0.2) is 4.79 Å². The molecule has 148 valence electrons. The first-order valence-corrected chi connectivity index (χ1v) is 8.70. The Labute approximate surface area is 156 Å². The number of piperazine rings is 1. The predicted octanol–water partition coefficient (Wildman–Crippen LogP) is 2.52. The molecule has 0 radical (unpaired) electrons. The fraction of sp³-hybridized carbons (Fsp3) is 0.588. The monoisotopic (exact) mass is 396 g/mol. The highest BCUT2D eigenvalue weighted by atomic mass is 35.5. The number of aliphatic hydroxyl groups excluding tert-OH is 1. The summed E-state index contributed by atoms with van der Waals surface area (Å²) >= 11 is 5.98. The molecule has 0 atom stereocenters. The van der Waals surface area contributed by atoms with Crippen molar-refractivity contribution >= 4 is 17.6 Å². The van der Waals surface area contributed by atoms with E-state index >= 15 is 0 Å². The van der Waals surface area contributed by atoms with Crippen LogP contribution in [0.1, 0.15) is 12.0 Å². The standard InChI is InChI=1S/C15H23ClN2O.C2HF3O2/c16-15-5-1-3-14(13-15)4-2-6-17-7-9-18(10-8-17)11-12-19;3-2(4,5)1(6)7/h1,3,5,13,19H,2,4,6-12H2;(H,6,7). The summed E-state index contributed by atoms with van der Waals surface area (Å²) in [4.78, 5) is 13.7. The Morgan fingerprint density at radius 3 is 2.12 bits per heavy atom. The van der Waals surface area contributed by atoms with Crippen LogP contribution in [-0.2, 0) is 11.2 Å². The molecule has 0 aliphatic carbocycles. The van der Waals surface area contributed by atoms with Gasteiger partial charge in [0.05, 0.1) is 6.61 Å². The number of alkyl halides is 3. The third-order valence-electron chi connectivity index (χ3n) is 3.95. The average molecular weight is 397 g/mol. The van der Waals surface area contributed by atoms with Crippen molar-refractivity contribution in [2.24, 2.45) is 0 Å². The van der Waals surface area contributed by atoms with Crippen molar-refractivity contribution < 1.29 is 28.2 Å². The number of hydrogen-bond acceptors (Lipinski definition) is 4. The molecule has 0 saturated carbocycles. The Morgan fingerprint density at radius 1 is 1.12 bits per heavy atom. The van der Waals surface area contributed by atoms with Crippen molar-refractivity contribution in [3.63, 3.8) is 0 Å². The summed E-state index contributed by atoms with van der Waals surface area (Å²) < 4.78 is 31.7. The first kappa shape index (κ1) is 22.7. The van der Waals surface area contributed by atoms with E-state index in [1.165, 1.54) is 12.0 Å². The quantitative estimate of drug-likeness (QED) is 0.773. The number of hydrogen-bond donors (Lipinski definition) is 2. The van der Waals surface area contributed by atoms with E-state index in [0.717, 1.165) is 50.7 Å². The molecular weight excluding hydrogens is 373 g/mol. The lowest BCUT2D eigenvalue weighted by Crippen LogP contribution is -2.47. The van der Waals surface area contributed by atoms with E-state index in [9.17, 15) is 13.2 Å². The molecule has 1 aromatic rings. The predicted molar refractivity (Wildman–Crippen MR) is 93.4 cm³/mol. The Morgan fingerprint density at radius 2 is 1.65 bits per heavy atom. The number of β-amino-alcohol motifs (C(OH)–C–C–N with tert-alkyl or cyclic N) is 1. The van der Waals surface area contributed by atoms with Crippen molar-refractivity contribution in [1.29, 1.82) is 0 Å². The van der Waals surface area contributed by atoms with Crippen LogP contribution < -0.4 is 0 Å². The molecule has 9 heteroatoms. The minimum atomic E-state index is -5.08. The van der Waals surface area contributed by atoms with Crippen molar-refractivity contribution in [2.75, 3.05) is 45.9 Å². The number of aliphatic carboxylic acids is 1. The maximum Gasteiger partial charge on any atom is 0.490 e. The van der Waals surface area contributed by atoms with E-state index in [-0.39, 0.29) is 6.61 Å². The van der Waals surface area contributed by atoms with E-state index in [2.05, 4.69) is 21.9 Å². The van der Waals surface area contributed by atoms with Gasteiger partial charge in [0.1, 0.15) is 0 Å². The van der Waals surface area contributed by atoms with Crippen molar-refractivity contribution in [1.82, 2.24) is 9.80 Å². The van der Waals surface area contributed by atoms with E-state index in [0.29, 0.717) is 0 Å². The number of carbonyl (C=O) groups is 1. The second-order valence-electron chi connectivity index (χ2n) is 5.94. The largest absolute Gasteiger partial charge is 0.490 e. The highest BCUT2D eigenvalue weighted by molar-refractivity contribution is 6.30. The maximum atomic E-state index is 10.6. The van der Waals surface area contributed by atoms with Gasteiger partial charge in [-0.15, -0.1) is 0 Å². The van der Waals surface area contributed by atoms with Gasteiger partial charge in [0.25, 0.3) is 0 Å². The van der Waals surface area contributed by atoms with E-state index in [4.69, 9.17) is 26.6 Å². The van der Waals surface area contributed by atoms with Crippen molar-refractivity contribution in [3.8, 4) is 0 Å². The second kappa shape index (κ2) is 11.4. The number of rotatable bonds is 6. The lowest BCUT2D eigenvalue weighted by Gasteiger charge is -2.34. The van der Waals surface area contributed by atoms with E-state index < -0.39 is 12.1 Å². The number of aliphatic hydroxyl groups is 1. The van der Waals surface area contributed by atoms with Crippen LogP contribution in [0.2, 0.25) is 5.02 Å². The number of aryl methyl sites for hydroxylation is 1. The summed E-state index contributed by atoms with van der Waals surface area (Å²) in [5, 5.41) is 16.9. The summed E-state index contributed by atoms with van der Waals surface area (Å²) in [6, 6.07) is 8.14. The molecular formula is C17H24ClF3N2O3. The Balaban J connectivity index is 0.000000412. The van der Waals surface area contributed by atoms with Crippen LogP contribution in [0.4, 0.5) is 13.2 Å². The highest BCUT2D eigenvalue weighted by Gasteiger charge is 2.38. The van der Waals surface area contributed by atoms with Crippen LogP contribution >= 0.6 is 11.6 Å². The lowest BCUT2D eigenvalue weighted by molar-refractivity contribution is -0.192. The second-order valence-corrected chi connectivity index (χ2v) is 6.38. The molecule has 1 saturated heterocycles. The van der Waals surface area contributed by atoms with Gasteiger partial charge in [-0.3, -0.25) is 4.90 Å². The minimum absolute atomic E-state index is 0.273. The summed E-state index contributed by atoms with van der Waals surface area (Å²) in [7, 11) is 0. The zero-order chi connectivity index (χ0) is 19.6. The fourth-order valence-corrected chi connectivity index (χ4v) is 2.79. The fourth-order valence-electron chi connectivity index (χ4n) is 2.58. The molecule has 0 unspecified atom stereocenters. The van der Waals surface area contributed by atoms with Crippen LogP contribution in [-0.4, -0.2) is 78.0 Å². The number of carboxylic acid groups (broad SMARTS) is 1. The molecule has 1 aromatic carbocycles. The summed E-state index contributed by atoms with van der Waals surface area (Å²) in [5.41, 5.74) is 1.33. The summed E-state index contributed by atoms with van der Waals surface area (Å²) in [6.07, 6.45) is -2.81. The van der Waals surface area contributed by atoms with Gasteiger partial charge in [0.15, 0.2) is 0 Å². The molecule has 2 rings (SSSR count). The van der Waals surface area contributed by atoms with Crippen LogP contribution in [0.25, 0.3) is 0 Å². The molecule has 0 aromatic heterocycles. The van der Waals surface area contributed by atoms with Crippen LogP contribution in [0.5, 0.6) is 0 Å². The molecule has 0 amide bonds. The number of benzene rings is 1. The minimum Gasteiger partial charge on any atom is -0.475 e. The number of halogens is 4. The number of nitrogens with zero attached hydrogens (tertiary/aromatic N) is 2. The first-order chi connectivity index (χ1) is 12.2. The number of carboxylic acids is 1. The molecule has 5 nitrogen and oxygen atoms in total. The van der Waals surface area contributed by atoms with Gasteiger partial charge < -0.3 is 15.1 Å². The topological polar surface area (TPSA) is 64.0 Å². The molecule has 1 heterocycles. The summed E-state index contributed by atoms with van der Waals surface area (Å²) in [5.74, 6) is -2.76. The maximum absolute atomic E-state index is 10.6. The Hall–Kier alpha value is -1.35. The Kier molecular flexibility index (Phi) is 9.93. The zero-order valence-corrected chi connectivity index (χ0v) is 15.1. The molecule has 26 heavy (non-hydrogen) atoms. The van der Waals surface area contributed by atoms with Crippen molar-refractivity contribution in [2.45, 2.75) is 19.0 Å². The van der Waals surface area contributed by atoms with Gasteiger partial charge >= 0.3 is 12.1 Å². The molecule has 0 spiro atoms. The third kappa shape index (κ3) is 9.38. The normalized spacial score (nSPS) is 16.0. The van der Waals surface area contributed by atoms with Gasteiger partial charge in [-0.2, -0.15) is 13.2 Å². The van der Waals surface area contributed by atoms with Gasteiger partial charge in [-0.1, -0.05) is 23.7 Å². The molecule has 1 aliphatic rings. The third-order valence-corrected chi connectivity index (χ3v) is 4.19. The van der Waals surface area contributed by atoms with Gasteiger partial charge in [0, 0.05) is 37.7 Å². The van der Waals surface area contributed by atoms with Crippen molar-refractivity contribution in [3.05, 3.63) is 34.9 Å². The SMILES string of the molecule is O=C(O)C(F)(F)F.OCCN1CCN(CCCc2cccc(Cl)c2)CC1. The van der Waals surface area contributed by atoms with Crippen LogP contribution in [0.15, 0.2) is 24.3 Å². The van der Waals surface area contributed by atoms with Crippen LogP contribution in [0, 0.1) is 0 Å². The Bertz CT molecular complexity index is 550.